The number of hydrogen-bond acceptors (Lipinski definition) is 4. The first-order valence-electron chi connectivity index (χ1n) is 6.95. The predicted molar refractivity (Wildman–Crippen MR) is 90.4 cm³/mol. The van der Waals surface area contributed by atoms with E-state index < -0.39 is 11.2 Å². The van der Waals surface area contributed by atoms with Crippen molar-refractivity contribution < 1.29 is 4.79 Å². The van der Waals surface area contributed by atoms with Crippen LogP contribution in [0.5, 0.6) is 0 Å². The summed E-state index contributed by atoms with van der Waals surface area (Å²) in [4.78, 5) is 28.5. The third-order valence-corrected chi connectivity index (χ3v) is 4.46. The van der Waals surface area contributed by atoms with Crippen molar-refractivity contribution in [1.29, 1.82) is 0 Å². The number of carbonyl (C=O) groups excluding carboxylic acids is 1. The van der Waals surface area contributed by atoms with Gasteiger partial charge in [0.15, 0.2) is 5.16 Å². The second kappa shape index (κ2) is 6.71. The summed E-state index contributed by atoms with van der Waals surface area (Å²) in [5.74, 6) is -0.172. The number of thioether (sulfide) groups is 1. The molecule has 0 radical (unpaired) electrons. The highest BCUT2D eigenvalue weighted by molar-refractivity contribution is 8.00. The van der Waals surface area contributed by atoms with Crippen LogP contribution >= 0.6 is 23.4 Å². The smallest absolute Gasteiger partial charge is 0.262 e. The molecule has 118 valence electrons. The van der Waals surface area contributed by atoms with Gasteiger partial charge in [0.2, 0.25) is 5.91 Å². The quantitative estimate of drug-likeness (QED) is 0.671. The molecule has 1 atom stereocenters. The zero-order valence-corrected chi connectivity index (χ0v) is 14.2. The molecule has 5 nitrogen and oxygen atoms in total. The van der Waals surface area contributed by atoms with E-state index in [1.54, 1.807) is 29.7 Å². The highest BCUT2D eigenvalue weighted by Gasteiger charge is 2.18. The lowest BCUT2D eigenvalue weighted by Gasteiger charge is -2.16. The van der Waals surface area contributed by atoms with E-state index in [4.69, 9.17) is 17.3 Å². The van der Waals surface area contributed by atoms with Crippen molar-refractivity contribution in [3.63, 3.8) is 0 Å². The number of amides is 1. The first kappa shape index (κ1) is 16.8. The number of primary amides is 1. The van der Waals surface area contributed by atoms with Crippen LogP contribution in [-0.4, -0.2) is 20.7 Å². The molecule has 0 aliphatic carbocycles. The summed E-state index contributed by atoms with van der Waals surface area (Å²) in [6, 6.07) is 5.00. The fourth-order valence-electron chi connectivity index (χ4n) is 2.01. The van der Waals surface area contributed by atoms with Gasteiger partial charge in [0.1, 0.15) is 0 Å². The average molecular weight is 340 g/mol. The SMILES string of the molecule is CC(C)Cn1c(S[C@H](C)C(N)=O)nc2cc(Cl)ccc2c1=O. The molecule has 0 saturated carbocycles. The fraction of sp³-hybridized carbons (Fsp3) is 0.400. The topological polar surface area (TPSA) is 78.0 Å². The highest BCUT2D eigenvalue weighted by Crippen LogP contribution is 2.24. The number of fused-ring (bicyclic) bond motifs is 1. The third kappa shape index (κ3) is 3.62. The Morgan fingerprint density at radius 2 is 2.09 bits per heavy atom. The van der Waals surface area contributed by atoms with Gasteiger partial charge in [-0.2, -0.15) is 0 Å². The maximum Gasteiger partial charge on any atom is 0.262 e. The third-order valence-electron chi connectivity index (χ3n) is 3.11. The van der Waals surface area contributed by atoms with Crippen LogP contribution in [0.3, 0.4) is 0 Å². The van der Waals surface area contributed by atoms with E-state index >= 15 is 0 Å². The van der Waals surface area contributed by atoms with Gasteiger partial charge in [0.25, 0.3) is 5.56 Å². The summed E-state index contributed by atoms with van der Waals surface area (Å²) in [6.07, 6.45) is 0. The Kier molecular flexibility index (Phi) is 5.13. The predicted octanol–water partition coefficient (Wildman–Crippen LogP) is 2.67. The Morgan fingerprint density at radius 3 is 2.68 bits per heavy atom. The number of hydrogen-bond donors (Lipinski definition) is 1. The maximum absolute atomic E-state index is 12.7. The minimum absolute atomic E-state index is 0.130. The Labute approximate surface area is 137 Å². The molecular formula is C15H18ClN3O2S. The van der Waals surface area contributed by atoms with Crippen molar-refractivity contribution in [2.75, 3.05) is 0 Å². The lowest BCUT2D eigenvalue weighted by atomic mass is 10.2. The van der Waals surface area contributed by atoms with Crippen molar-refractivity contribution in [3.05, 3.63) is 33.6 Å². The normalized spacial score (nSPS) is 12.8. The molecule has 2 rings (SSSR count). The van der Waals surface area contributed by atoms with Crippen molar-refractivity contribution in [2.45, 2.75) is 37.7 Å². The van der Waals surface area contributed by atoms with E-state index in [0.29, 0.717) is 27.6 Å². The highest BCUT2D eigenvalue weighted by atomic mass is 35.5. The van der Waals surface area contributed by atoms with Crippen molar-refractivity contribution in [1.82, 2.24) is 9.55 Å². The van der Waals surface area contributed by atoms with Crippen LogP contribution in [0.1, 0.15) is 20.8 Å². The van der Waals surface area contributed by atoms with Crippen LogP contribution in [0.2, 0.25) is 5.02 Å². The van der Waals surface area contributed by atoms with E-state index in [2.05, 4.69) is 4.98 Å². The van der Waals surface area contributed by atoms with E-state index in [1.165, 1.54) is 11.8 Å². The Hall–Kier alpha value is -1.53. The summed E-state index contributed by atoms with van der Waals surface area (Å²) in [5, 5.41) is 1.04. The average Bonchev–Trinajstić information content (AvgIpc) is 2.42. The molecule has 0 fully saturated rings. The maximum atomic E-state index is 12.7. The minimum Gasteiger partial charge on any atom is -0.369 e. The van der Waals surface area contributed by atoms with Crippen molar-refractivity contribution in [2.24, 2.45) is 11.7 Å². The van der Waals surface area contributed by atoms with Gasteiger partial charge in [-0.05, 0) is 31.0 Å². The Balaban J connectivity index is 2.64. The van der Waals surface area contributed by atoms with Crippen LogP contribution in [0, 0.1) is 5.92 Å². The number of aromatic nitrogens is 2. The van der Waals surface area contributed by atoms with E-state index in [9.17, 15) is 9.59 Å². The largest absolute Gasteiger partial charge is 0.369 e. The van der Waals surface area contributed by atoms with E-state index in [0.717, 1.165) is 0 Å². The van der Waals surface area contributed by atoms with Gasteiger partial charge in [-0.15, -0.1) is 0 Å². The second-order valence-corrected chi connectivity index (χ2v) is 7.27. The van der Waals surface area contributed by atoms with E-state index in [1.807, 2.05) is 13.8 Å². The minimum atomic E-state index is -0.470. The molecule has 0 unspecified atom stereocenters. The molecule has 0 spiro atoms. The molecular weight excluding hydrogens is 322 g/mol. The first-order chi connectivity index (χ1) is 10.3. The number of carbonyl (C=O) groups is 1. The number of nitrogens with two attached hydrogens (primary N) is 1. The molecule has 0 aliphatic heterocycles. The molecule has 2 N–H and O–H groups in total. The van der Waals surface area contributed by atoms with Crippen molar-refractivity contribution in [3.8, 4) is 0 Å². The number of benzene rings is 1. The van der Waals surface area contributed by atoms with Crippen LogP contribution in [0.4, 0.5) is 0 Å². The van der Waals surface area contributed by atoms with Gasteiger partial charge in [-0.1, -0.05) is 37.2 Å². The molecule has 2 aromatic rings. The van der Waals surface area contributed by atoms with Gasteiger partial charge < -0.3 is 5.73 Å². The van der Waals surface area contributed by atoms with Gasteiger partial charge in [-0.25, -0.2) is 4.98 Å². The Morgan fingerprint density at radius 1 is 1.41 bits per heavy atom. The molecule has 1 aromatic heterocycles. The molecule has 0 bridgehead atoms. The van der Waals surface area contributed by atoms with Crippen LogP contribution in [-0.2, 0) is 11.3 Å². The fourth-order valence-corrected chi connectivity index (χ4v) is 3.04. The molecule has 0 saturated heterocycles. The van der Waals surface area contributed by atoms with Gasteiger partial charge in [0, 0.05) is 11.6 Å². The lowest BCUT2D eigenvalue weighted by molar-refractivity contribution is -0.117. The van der Waals surface area contributed by atoms with Gasteiger partial charge in [-0.3, -0.25) is 14.2 Å². The summed E-state index contributed by atoms with van der Waals surface area (Å²) in [7, 11) is 0. The van der Waals surface area contributed by atoms with E-state index in [-0.39, 0.29) is 11.5 Å². The molecule has 1 amide bonds. The second-order valence-electron chi connectivity index (χ2n) is 5.53. The van der Waals surface area contributed by atoms with Crippen LogP contribution in [0.25, 0.3) is 10.9 Å². The molecule has 22 heavy (non-hydrogen) atoms. The molecule has 1 aromatic carbocycles. The summed E-state index contributed by atoms with van der Waals surface area (Å²) < 4.78 is 1.60. The van der Waals surface area contributed by atoms with Crippen LogP contribution < -0.4 is 11.3 Å². The van der Waals surface area contributed by atoms with Crippen LogP contribution in [0.15, 0.2) is 28.2 Å². The number of rotatable bonds is 5. The summed E-state index contributed by atoms with van der Waals surface area (Å²) in [5.41, 5.74) is 5.71. The monoisotopic (exact) mass is 339 g/mol. The van der Waals surface area contributed by atoms with Gasteiger partial charge in [0.05, 0.1) is 16.2 Å². The standard InChI is InChI=1S/C15H18ClN3O2S/c1-8(2)7-19-14(21)11-5-4-10(16)6-12(11)18-15(19)22-9(3)13(17)20/h4-6,8-9H,7H2,1-3H3,(H2,17,20)/t9-/m1/s1. The first-order valence-corrected chi connectivity index (χ1v) is 8.21. The lowest BCUT2D eigenvalue weighted by Crippen LogP contribution is -2.28. The van der Waals surface area contributed by atoms with Crippen molar-refractivity contribution >= 4 is 40.2 Å². The zero-order chi connectivity index (χ0) is 16.4. The number of nitrogens with zero attached hydrogens (tertiary/aromatic N) is 2. The zero-order valence-electron chi connectivity index (χ0n) is 12.7. The van der Waals surface area contributed by atoms with Gasteiger partial charge >= 0.3 is 0 Å². The molecule has 0 aliphatic rings. The summed E-state index contributed by atoms with van der Waals surface area (Å²) in [6.45, 7) is 6.26. The molecule has 7 heteroatoms. The summed E-state index contributed by atoms with van der Waals surface area (Å²) >= 11 is 7.16. The Bertz CT molecular complexity index is 773. The number of halogens is 1. The molecule has 1 heterocycles.